The average molecular weight is 838 g/mol. The van der Waals surface area contributed by atoms with Crippen LogP contribution in [0.2, 0.25) is 15.1 Å². The molecule has 0 amide bonds. The number of esters is 4. The van der Waals surface area contributed by atoms with Crippen LogP contribution >= 0.6 is 34.8 Å². The van der Waals surface area contributed by atoms with E-state index in [1.165, 1.54) is 0 Å². The Morgan fingerprint density at radius 3 is 1.62 bits per heavy atom. The molecule has 20 nitrogen and oxygen atoms in total. The Labute approximate surface area is 308 Å². The molecule has 0 heterocycles. The van der Waals surface area contributed by atoms with Crippen LogP contribution in [0.1, 0.15) is 0 Å². The number of benzene rings is 1. The van der Waals surface area contributed by atoms with Crippen LogP contribution in [0.25, 0.3) is 0 Å². The summed E-state index contributed by atoms with van der Waals surface area (Å²) < 4.78 is 77.0. The molecule has 0 aliphatic heterocycles. The summed E-state index contributed by atoms with van der Waals surface area (Å²) in [5.41, 5.74) is 0. The van der Waals surface area contributed by atoms with Crippen molar-refractivity contribution in [2.24, 2.45) is 10.3 Å². The molecule has 52 heavy (non-hydrogen) atoms. The lowest BCUT2D eigenvalue weighted by Crippen LogP contribution is -2.46. The first kappa shape index (κ1) is 48.5. The molecule has 0 spiro atoms. The Kier molecular flexibility index (Phi) is 23.7. The SMILES string of the molecule is CON=C[C@@H](F)[C@H](OC(=O)CO)[C@@H](COC(=O)CO)OS(=O)(=O)c1cc(Cl)c(Cl)cc1Cl.CON=C[C@@H](F)[C@H](OC(=O)CO)[C@@H](O)COC(=O)CO. The van der Waals surface area contributed by atoms with Gasteiger partial charge in [-0.1, -0.05) is 45.1 Å². The molecule has 1 aromatic carbocycles. The summed E-state index contributed by atoms with van der Waals surface area (Å²) in [7, 11) is -2.63. The van der Waals surface area contributed by atoms with Crippen molar-refractivity contribution in [3.05, 3.63) is 27.2 Å². The van der Waals surface area contributed by atoms with Crippen molar-refractivity contribution in [3.63, 3.8) is 0 Å². The van der Waals surface area contributed by atoms with E-state index in [1.807, 2.05) is 0 Å². The first-order valence-corrected chi connectivity index (χ1v) is 16.3. The molecule has 1 aromatic rings. The van der Waals surface area contributed by atoms with Crippen molar-refractivity contribution >= 4 is 81.2 Å². The second kappa shape index (κ2) is 25.5. The summed E-state index contributed by atoms with van der Waals surface area (Å²) in [5, 5.41) is 49.8. The molecular weight excluding hydrogens is 805 g/mol. The van der Waals surface area contributed by atoms with Gasteiger partial charge in [-0.2, -0.15) is 8.42 Å². The second-order valence-electron chi connectivity index (χ2n) is 9.02. The molecule has 0 aliphatic rings. The van der Waals surface area contributed by atoms with Crippen LogP contribution in [-0.2, 0) is 62.1 Å². The zero-order valence-electron chi connectivity index (χ0n) is 26.8. The number of hydrogen-bond donors (Lipinski definition) is 5. The summed E-state index contributed by atoms with van der Waals surface area (Å²) in [6.07, 6.45) is -10.9. The molecule has 6 atom stereocenters. The van der Waals surface area contributed by atoms with E-state index in [1.54, 1.807) is 0 Å². The Morgan fingerprint density at radius 2 is 1.15 bits per heavy atom. The number of alkyl halides is 2. The third-order valence-corrected chi connectivity index (χ3v) is 7.88. The number of carbonyl (C=O) groups excluding carboxylic acids is 4. The monoisotopic (exact) mass is 836 g/mol. The van der Waals surface area contributed by atoms with Crippen molar-refractivity contribution in [2.45, 2.75) is 41.7 Å². The zero-order chi connectivity index (χ0) is 40.0. The molecule has 5 N–H and O–H groups in total. The van der Waals surface area contributed by atoms with E-state index in [2.05, 4.69) is 34.2 Å². The minimum atomic E-state index is -4.85. The maximum Gasteiger partial charge on any atom is 0.332 e. The van der Waals surface area contributed by atoms with E-state index >= 15 is 0 Å². The summed E-state index contributed by atoms with van der Waals surface area (Å²) in [6, 6.07) is 1.86. The molecule has 0 aromatic heterocycles. The molecule has 1 rings (SSSR count). The van der Waals surface area contributed by atoms with Gasteiger partial charge in [-0.25, -0.2) is 28.0 Å². The summed E-state index contributed by atoms with van der Waals surface area (Å²) in [5.74, 6) is -4.82. The molecule has 0 saturated carbocycles. The standard InChI is InChI=1S/C16H17Cl3FNO10S.C10H16FNO8/c1-28-21-4-11(20)16(30-15(25)6-23)12(7-29-14(24)5-22)31-32(26,27)13-3-9(18)8(17)2-10(13)19;1-18-12-2-6(11)10(20-9(17)4-14)7(15)5-19-8(16)3-13/h2-4,11-12,16,22-23H,5-7H2,1H3;2,6-7,10,13-15H,3-5H2,1H3/t11-,12-,16+;6-,7+,10+/m11/s1. The number of carbonyl (C=O) groups is 4. The fourth-order valence-corrected chi connectivity index (χ4v) is 5.16. The lowest BCUT2D eigenvalue weighted by atomic mass is 10.1. The highest BCUT2D eigenvalue weighted by molar-refractivity contribution is 7.87. The highest BCUT2D eigenvalue weighted by Gasteiger charge is 2.39. The number of oxime groups is 2. The minimum Gasteiger partial charge on any atom is -0.461 e. The Morgan fingerprint density at radius 1 is 0.731 bits per heavy atom. The lowest BCUT2D eigenvalue weighted by Gasteiger charge is -2.27. The fraction of sp³-hybridized carbons (Fsp3) is 0.538. The van der Waals surface area contributed by atoms with Gasteiger partial charge in [-0.15, -0.1) is 0 Å². The largest absolute Gasteiger partial charge is 0.461 e. The van der Waals surface area contributed by atoms with Crippen LogP contribution in [0.3, 0.4) is 0 Å². The fourth-order valence-electron chi connectivity index (χ4n) is 3.11. The molecule has 296 valence electrons. The molecule has 0 aliphatic carbocycles. The summed E-state index contributed by atoms with van der Waals surface area (Å²) in [6.45, 7) is -5.96. The van der Waals surface area contributed by atoms with Crippen LogP contribution in [0.5, 0.6) is 0 Å². The summed E-state index contributed by atoms with van der Waals surface area (Å²) >= 11 is 17.5. The molecule has 0 fully saturated rings. The van der Waals surface area contributed by atoms with E-state index in [-0.39, 0.29) is 10.0 Å². The predicted octanol–water partition coefficient (Wildman–Crippen LogP) is -1.11. The highest BCUT2D eigenvalue weighted by atomic mass is 35.5. The van der Waals surface area contributed by atoms with Crippen molar-refractivity contribution in [1.29, 1.82) is 0 Å². The quantitative estimate of drug-likeness (QED) is 0.0245. The van der Waals surface area contributed by atoms with Gasteiger partial charge in [0.15, 0.2) is 30.7 Å². The number of nitrogens with zero attached hydrogens (tertiary/aromatic N) is 2. The lowest BCUT2D eigenvalue weighted by molar-refractivity contribution is -0.167. The van der Waals surface area contributed by atoms with Crippen molar-refractivity contribution in [2.75, 3.05) is 53.9 Å². The van der Waals surface area contributed by atoms with E-state index in [0.29, 0.717) is 12.4 Å². The van der Waals surface area contributed by atoms with E-state index in [0.717, 1.165) is 26.4 Å². The van der Waals surface area contributed by atoms with Crippen LogP contribution < -0.4 is 0 Å². The van der Waals surface area contributed by atoms with Crippen LogP contribution in [0.15, 0.2) is 27.3 Å². The van der Waals surface area contributed by atoms with Gasteiger partial charge >= 0.3 is 23.9 Å². The minimum absolute atomic E-state index is 0.0709. The van der Waals surface area contributed by atoms with Crippen LogP contribution in [0.4, 0.5) is 8.78 Å². The van der Waals surface area contributed by atoms with Crippen molar-refractivity contribution in [1.82, 2.24) is 0 Å². The molecule has 0 unspecified atom stereocenters. The Bertz CT molecular complexity index is 1480. The number of rotatable bonds is 21. The van der Waals surface area contributed by atoms with Gasteiger partial charge in [0, 0.05) is 0 Å². The van der Waals surface area contributed by atoms with Gasteiger partial charge < -0.3 is 54.2 Å². The molecule has 0 radical (unpaired) electrons. The average Bonchev–Trinajstić information content (AvgIpc) is 3.12. The molecule has 26 heteroatoms. The number of ether oxygens (including phenoxy) is 4. The number of aliphatic hydroxyl groups excluding tert-OH is 5. The van der Waals surface area contributed by atoms with E-state index in [4.69, 9.17) is 64.1 Å². The van der Waals surface area contributed by atoms with Gasteiger partial charge in [-0.05, 0) is 12.1 Å². The molecule has 0 bridgehead atoms. The number of hydrogen-bond acceptors (Lipinski definition) is 20. The third kappa shape index (κ3) is 17.8. The smallest absolute Gasteiger partial charge is 0.332 e. The topological polar surface area (TPSA) is 293 Å². The molecular formula is C26H33Cl3F2N2O18S. The Balaban J connectivity index is 0.00000112. The van der Waals surface area contributed by atoms with Crippen LogP contribution in [0, 0.1) is 0 Å². The van der Waals surface area contributed by atoms with Gasteiger partial charge in [0.05, 0.1) is 27.5 Å². The zero-order valence-corrected chi connectivity index (χ0v) is 29.8. The van der Waals surface area contributed by atoms with E-state index < -0.39 is 120 Å². The van der Waals surface area contributed by atoms with Crippen molar-refractivity contribution < 1.29 is 94.7 Å². The normalized spacial score (nSPS) is 14.9. The molecule has 0 saturated heterocycles. The van der Waals surface area contributed by atoms with Gasteiger partial charge in [0.2, 0.25) is 0 Å². The Hall–Kier alpha value is -3.52. The van der Waals surface area contributed by atoms with Crippen LogP contribution in [-0.4, -0.2) is 161 Å². The van der Waals surface area contributed by atoms with E-state index in [9.17, 15) is 41.5 Å². The third-order valence-electron chi connectivity index (χ3n) is 5.36. The maximum atomic E-state index is 14.7. The second-order valence-corrected chi connectivity index (χ2v) is 11.8. The van der Waals surface area contributed by atoms with Crippen molar-refractivity contribution in [3.8, 4) is 0 Å². The predicted molar refractivity (Wildman–Crippen MR) is 170 cm³/mol. The number of halogens is 5. The first-order valence-electron chi connectivity index (χ1n) is 13.7. The van der Waals surface area contributed by atoms with Gasteiger partial charge in [0.1, 0.15) is 64.9 Å². The van der Waals surface area contributed by atoms with Gasteiger partial charge in [-0.3, -0.25) is 4.18 Å². The van der Waals surface area contributed by atoms with Gasteiger partial charge in [0.25, 0.3) is 10.1 Å². The maximum absolute atomic E-state index is 14.7. The number of aliphatic hydroxyl groups is 5. The highest BCUT2D eigenvalue weighted by Crippen LogP contribution is 2.33. The summed E-state index contributed by atoms with van der Waals surface area (Å²) in [4.78, 5) is 52.3. The first-order chi connectivity index (χ1) is 24.4.